The topological polar surface area (TPSA) is 59.4 Å². The van der Waals surface area contributed by atoms with Crippen molar-refractivity contribution in [3.63, 3.8) is 0 Å². The second-order valence-electron chi connectivity index (χ2n) is 4.47. The van der Waals surface area contributed by atoms with Crippen LogP contribution in [0.15, 0.2) is 12.1 Å². The molecule has 1 N–H and O–H groups in total. The van der Waals surface area contributed by atoms with E-state index < -0.39 is 5.97 Å². The monoisotopic (exact) mass is 235 g/mol. The van der Waals surface area contributed by atoms with Crippen LogP contribution < -0.4 is 4.74 Å². The fraction of sp³-hybridized carbons (Fsp3) is 0.538. The average Bonchev–Trinajstić information content (AvgIpc) is 2.30. The summed E-state index contributed by atoms with van der Waals surface area (Å²) in [5, 5.41) is 8.90. The molecule has 1 saturated carbocycles. The molecule has 1 aromatic heterocycles. The van der Waals surface area contributed by atoms with Gasteiger partial charge in [-0.1, -0.05) is 6.42 Å². The zero-order chi connectivity index (χ0) is 12.3. The van der Waals surface area contributed by atoms with Gasteiger partial charge in [-0.25, -0.2) is 9.78 Å². The van der Waals surface area contributed by atoms with Gasteiger partial charge in [0.2, 0.25) is 5.88 Å². The lowest BCUT2D eigenvalue weighted by molar-refractivity contribution is 0.0695. The van der Waals surface area contributed by atoms with Crippen molar-refractivity contribution in [2.24, 2.45) is 0 Å². The largest absolute Gasteiger partial charge is 0.478 e. The second-order valence-corrected chi connectivity index (χ2v) is 4.47. The Morgan fingerprint density at radius 2 is 2.06 bits per heavy atom. The highest BCUT2D eigenvalue weighted by Gasteiger charge is 2.16. The van der Waals surface area contributed by atoms with Crippen LogP contribution in [-0.2, 0) is 0 Å². The number of nitrogens with zero attached hydrogens (tertiary/aromatic N) is 1. The van der Waals surface area contributed by atoms with Crippen LogP contribution in [0.3, 0.4) is 0 Å². The van der Waals surface area contributed by atoms with E-state index in [0.29, 0.717) is 11.6 Å². The van der Waals surface area contributed by atoms with Crippen molar-refractivity contribution >= 4 is 5.97 Å². The maximum absolute atomic E-state index is 10.8. The van der Waals surface area contributed by atoms with Gasteiger partial charge in [0.15, 0.2) is 0 Å². The second kappa shape index (κ2) is 5.17. The number of hydrogen-bond acceptors (Lipinski definition) is 3. The maximum Gasteiger partial charge on any atom is 0.337 e. The first-order valence-electron chi connectivity index (χ1n) is 6.04. The normalized spacial score (nSPS) is 16.8. The van der Waals surface area contributed by atoms with Crippen molar-refractivity contribution in [3.8, 4) is 5.88 Å². The number of aryl methyl sites for hydroxylation is 1. The Balaban J connectivity index is 2.06. The van der Waals surface area contributed by atoms with Crippen molar-refractivity contribution in [3.05, 3.63) is 23.4 Å². The Morgan fingerprint density at radius 3 is 2.65 bits per heavy atom. The van der Waals surface area contributed by atoms with E-state index in [1.165, 1.54) is 19.3 Å². The van der Waals surface area contributed by atoms with Crippen molar-refractivity contribution < 1.29 is 14.6 Å². The molecule has 0 radical (unpaired) electrons. The van der Waals surface area contributed by atoms with Gasteiger partial charge in [-0.3, -0.25) is 0 Å². The van der Waals surface area contributed by atoms with Gasteiger partial charge < -0.3 is 9.84 Å². The summed E-state index contributed by atoms with van der Waals surface area (Å²) in [6, 6.07) is 3.20. The van der Waals surface area contributed by atoms with E-state index in [0.717, 1.165) is 12.8 Å². The van der Waals surface area contributed by atoms with Crippen LogP contribution >= 0.6 is 0 Å². The van der Waals surface area contributed by atoms with Gasteiger partial charge in [0.05, 0.1) is 11.3 Å². The summed E-state index contributed by atoms with van der Waals surface area (Å²) >= 11 is 0. The van der Waals surface area contributed by atoms with Crippen LogP contribution in [0.4, 0.5) is 0 Å². The summed E-state index contributed by atoms with van der Waals surface area (Å²) < 4.78 is 5.77. The maximum atomic E-state index is 10.8. The zero-order valence-corrected chi connectivity index (χ0v) is 9.98. The van der Waals surface area contributed by atoms with Crippen molar-refractivity contribution in [2.75, 3.05) is 0 Å². The Kier molecular flexibility index (Phi) is 3.61. The molecule has 4 nitrogen and oxygen atoms in total. The molecular weight excluding hydrogens is 218 g/mol. The molecule has 17 heavy (non-hydrogen) atoms. The molecular formula is C13H17NO3. The van der Waals surface area contributed by atoms with Gasteiger partial charge in [-0.15, -0.1) is 0 Å². The van der Waals surface area contributed by atoms with Gasteiger partial charge in [-0.05, 0) is 38.7 Å². The number of carbonyl (C=O) groups is 1. The third-order valence-corrected chi connectivity index (χ3v) is 3.13. The van der Waals surface area contributed by atoms with Crippen LogP contribution in [0, 0.1) is 6.92 Å². The molecule has 0 saturated heterocycles. The molecule has 1 aliphatic carbocycles. The number of carboxylic acids is 1. The number of aromatic nitrogens is 1. The van der Waals surface area contributed by atoms with Crippen LogP contribution in [-0.4, -0.2) is 22.2 Å². The highest BCUT2D eigenvalue weighted by molar-refractivity contribution is 5.88. The molecule has 0 aliphatic heterocycles. The minimum Gasteiger partial charge on any atom is -0.478 e. The van der Waals surface area contributed by atoms with E-state index in [4.69, 9.17) is 9.84 Å². The van der Waals surface area contributed by atoms with E-state index >= 15 is 0 Å². The van der Waals surface area contributed by atoms with E-state index in [9.17, 15) is 4.79 Å². The number of ether oxygens (including phenoxy) is 1. The molecule has 0 atom stereocenters. The molecule has 92 valence electrons. The molecule has 0 aromatic carbocycles. The highest BCUT2D eigenvalue weighted by atomic mass is 16.5. The van der Waals surface area contributed by atoms with Gasteiger partial charge in [0.1, 0.15) is 6.10 Å². The number of carboxylic acid groups (broad SMARTS) is 1. The Morgan fingerprint density at radius 1 is 1.35 bits per heavy atom. The van der Waals surface area contributed by atoms with E-state index in [1.807, 2.05) is 0 Å². The molecule has 1 aromatic rings. The first-order valence-corrected chi connectivity index (χ1v) is 6.04. The molecule has 0 unspecified atom stereocenters. The smallest absolute Gasteiger partial charge is 0.337 e. The molecule has 4 heteroatoms. The minimum atomic E-state index is -0.945. The Hall–Kier alpha value is -1.58. The Bertz CT molecular complexity index is 411. The summed E-state index contributed by atoms with van der Waals surface area (Å²) in [6.45, 7) is 1.69. The first kappa shape index (κ1) is 11.9. The fourth-order valence-corrected chi connectivity index (χ4v) is 2.18. The summed E-state index contributed by atoms with van der Waals surface area (Å²) in [6.07, 6.45) is 6.08. The molecule has 0 amide bonds. The van der Waals surface area contributed by atoms with Crippen LogP contribution in [0.5, 0.6) is 5.88 Å². The molecule has 1 aliphatic rings. The van der Waals surface area contributed by atoms with Crippen LogP contribution in [0.2, 0.25) is 0 Å². The van der Waals surface area contributed by atoms with Gasteiger partial charge in [0.25, 0.3) is 0 Å². The van der Waals surface area contributed by atoms with E-state index in [2.05, 4.69) is 4.98 Å². The lowest BCUT2D eigenvalue weighted by atomic mass is 9.98. The molecule has 2 rings (SSSR count). The van der Waals surface area contributed by atoms with E-state index in [1.54, 1.807) is 19.1 Å². The molecule has 0 bridgehead atoms. The summed E-state index contributed by atoms with van der Waals surface area (Å²) in [5.74, 6) is -0.404. The third kappa shape index (κ3) is 2.96. The van der Waals surface area contributed by atoms with Crippen LogP contribution in [0.25, 0.3) is 0 Å². The van der Waals surface area contributed by atoms with Crippen LogP contribution in [0.1, 0.15) is 48.2 Å². The minimum absolute atomic E-state index is 0.237. The predicted octanol–water partition coefficient (Wildman–Crippen LogP) is 2.80. The zero-order valence-electron chi connectivity index (χ0n) is 9.98. The highest BCUT2D eigenvalue weighted by Crippen LogP contribution is 2.22. The van der Waals surface area contributed by atoms with E-state index in [-0.39, 0.29) is 11.7 Å². The molecule has 1 heterocycles. The standard InChI is InChI=1S/C13H17NO3/c1-9-11(13(15)16)7-8-12(14-9)17-10-5-3-2-4-6-10/h7-8,10H,2-6H2,1H3,(H,15,16). The quantitative estimate of drug-likeness (QED) is 0.875. The molecule has 0 spiro atoms. The van der Waals surface area contributed by atoms with Crippen molar-refractivity contribution in [2.45, 2.75) is 45.1 Å². The SMILES string of the molecule is Cc1nc(OC2CCCCC2)ccc1C(=O)O. The third-order valence-electron chi connectivity index (χ3n) is 3.13. The lowest BCUT2D eigenvalue weighted by Gasteiger charge is -2.22. The lowest BCUT2D eigenvalue weighted by Crippen LogP contribution is -2.20. The van der Waals surface area contributed by atoms with Crippen molar-refractivity contribution in [1.82, 2.24) is 4.98 Å². The number of rotatable bonds is 3. The number of pyridine rings is 1. The summed E-state index contributed by atoms with van der Waals surface area (Å²) in [5.41, 5.74) is 0.742. The summed E-state index contributed by atoms with van der Waals surface area (Å²) in [4.78, 5) is 15.0. The van der Waals surface area contributed by atoms with Gasteiger partial charge in [-0.2, -0.15) is 0 Å². The number of hydrogen-bond donors (Lipinski definition) is 1. The predicted molar refractivity (Wildman–Crippen MR) is 63.4 cm³/mol. The fourth-order valence-electron chi connectivity index (χ4n) is 2.18. The van der Waals surface area contributed by atoms with Gasteiger partial charge in [0, 0.05) is 6.07 Å². The van der Waals surface area contributed by atoms with Crippen molar-refractivity contribution in [1.29, 1.82) is 0 Å². The first-order chi connectivity index (χ1) is 8.16. The molecule has 1 fully saturated rings. The number of aromatic carboxylic acids is 1. The Labute approximate surface area is 101 Å². The van der Waals surface area contributed by atoms with Gasteiger partial charge >= 0.3 is 5.97 Å². The summed E-state index contributed by atoms with van der Waals surface area (Å²) in [7, 11) is 0. The average molecular weight is 235 g/mol.